The Morgan fingerprint density at radius 2 is 1.79 bits per heavy atom. The number of rotatable bonds is 5. The van der Waals surface area contributed by atoms with Gasteiger partial charge in [0.1, 0.15) is 0 Å². The average Bonchev–Trinajstić information content (AvgIpc) is 2.38. The number of urea groups is 1. The molecule has 0 bridgehead atoms. The lowest BCUT2D eigenvalue weighted by atomic mass is 10.1. The molecule has 0 spiro atoms. The third kappa shape index (κ3) is 4.70. The van der Waals surface area contributed by atoms with Crippen LogP contribution in [-0.4, -0.2) is 65.7 Å². The summed E-state index contributed by atoms with van der Waals surface area (Å²) in [5, 5.41) is 11.6. The number of piperazine rings is 1. The first-order chi connectivity index (χ1) is 8.95. The van der Waals surface area contributed by atoms with Crippen molar-refractivity contribution in [1.82, 2.24) is 15.1 Å². The van der Waals surface area contributed by atoms with E-state index in [9.17, 15) is 9.59 Å². The summed E-state index contributed by atoms with van der Waals surface area (Å²) in [7, 11) is 0. The van der Waals surface area contributed by atoms with E-state index in [1.165, 1.54) is 0 Å². The van der Waals surface area contributed by atoms with Crippen LogP contribution in [0.15, 0.2) is 0 Å². The van der Waals surface area contributed by atoms with Crippen LogP contribution in [0.25, 0.3) is 0 Å². The van der Waals surface area contributed by atoms with Crippen molar-refractivity contribution in [3.63, 3.8) is 0 Å². The fraction of sp³-hybridized carbons (Fsp3) is 0.846. The van der Waals surface area contributed by atoms with Crippen LogP contribution in [0.4, 0.5) is 4.79 Å². The Hall–Kier alpha value is -1.30. The summed E-state index contributed by atoms with van der Waals surface area (Å²) in [6.07, 6.45) is 0.525. The molecule has 0 saturated carbocycles. The number of hydrogen-bond donors (Lipinski definition) is 2. The molecule has 0 aromatic carbocycles. The minimum absolute atomic E-state index is 0.150. The van der Waals surface area contributed by atoms with Crippen LogP contribution in [0.1, 0.15) is 27.2 Å². The van der Waals surface area contributed by atoms with E-state index in [1.54, 1.807) is 4.90 Å². The van der Waals surface area contributed by atoms with Crippen LogP contribution in [-0.2, 0) is 4.79 Å². The third-order valence-corrected chi connectivity index (χ3v) is 3.67. The molecule has 1 aliphatic heterocycles. The van der Waals surface area contributed by atoms with E-state index in [1.807, 2.05) is 6.92 Å². The van der Waals surface area contributed by atoms with E-state index in [0.29, 0.717) is 25.6 Å². The molecule has 110 valence electrons. The van der Waals surface area contributed by atoms with Gasteiger partial charge >= 0.3 is 12.0 Å². The van der Waals surface area contributed by atoms with Crippen LogP contribution < -0.4 is 5.32 Å². The quantitative estimate of drug-likeness (QED) is 0.777. The minimum Gasteiger partial charge on any atom is -0.481 e. The van der Waals surface area contributed by atoms with Gasteiger partial charge in [-0.05, 0) is 20.3 Å². The SMILES string of the molecule is CCC(CNC(=O)N1CCN(C(C)C)CC1)C(=O)O. The Morgan fingerprint density at radius 3 is 2.21 bits per heavy atom. The summed E-state index contributed by atoms with van der Waals surface area (Å²) in [4.78, 5) is 26.9. The van der Waals surface area contributed by atoms with Crippen molar-refractivity contribution in [1.29, 1.82) is 0 Å². The highest BCUT2D eigenvalue weighted by Crippen LogP contribution is 2.06. The van der Waals surface area contributed by atoms with E-state index >= 15 is 0 Å². The zero-order valence-electron chi connectivity index (χ0n) is 12.1. The molecule has 19 heavy (non-hydrogen) atoms. The van der Waals surface area contributed by atoms with E-state index in [0.717, 1.165) is 13.1 Å². The van der Waals surface area contributed by atoms with Gasteiger partial charge in [0.2, 0.25) is 0 Å². The van der Waals surface area contributed by atoms with Gasteiger partial charge in [0.25, 0.3) is 0 Å². The largest absolute Gasteiger partial charge is 0.481 e. The molecule has 6 heteroatoms. The van der Waals surface area contributed by atoms with Crippen molar-refractivity contribution in [2.24, 2.45) is 5.92 Å². The first-order valence-electron chi connectivity index (χ1n) is 6.95. The Labute approximate surface area is 114 Å². The number of carboxylic acid groups (broad SMARTS) is 1. The van der Waals surface area contributed by atoms with E-state index in [4.69, 9.17) is 5.11 Å². The maximum absolute atomic E-state index is 11.9. The topological polar surface area (TPSA) is 72.9 Å². The molecule has 1 aliphatic rings. The number of hydrogen-bond acceptors (Lipinski definition) is 3. The molecule has 1 fully saturated rings. The molecule has 1 heterocycles. The molecular weight excluding hydrogens is 246 g/mol. The number of carbonyl (C=O) groups is 2. The molecule has 1 atom stereocenters. The molecule has 1 unspecified atom stereocenters. The molecule has 1 rings (SSSR count). The summed E-state index contributed by atoms with van der Waals surface area (Å²) in [6.45, 7) is 9.47. The Bertz CT molecular complexity index is 312. The first-order valence-corrected chi connectivity index (χ1v) is 6.95. The second-order valence-electron chi connectivity index (χ2n) is 5.25. The lowest BCUT2D eigenvalue weighted by Gasteiger charge is -2.36. The first kappa shape index (κ1) is 15.8. The number of nitrogens with zero attached hydrogens (tertiary/aromatic N) is 2. The summed E-state index contributed by atoms with van der Waals surface area (Å²) in [5.74, 6) is -1.35. The van der Waals surface area contributed by atoms with Gasteiger partial charge in [0, 0.05) is 38.8 Å². The van der Waals surface area contributed by atoms with Crippen molar-refractivity contribution in [3.8, 4) is 0 Å². The monoisotopic (exact) mass is 271 g/mol. The molecule has 0 aromatic rings. The smallest absolute Gasteiger partial charge is 0.317 e. The number of carbonyl (C=O) groups excluding carboxylic acids is 1. The summed E-state index contributed by atoms with van der Waals surface area (Å²) >= 11 is 0. The fourth-order valence-corrected chi connectivity index (χ4v) is 2.17. The highest BCUT2D eigenvalue weighted by atomic mass is 16.4. The molecule has 1 saturated heterocycles. The van der Waals surface area contributed by atoms with Gasteiger partial charge in [0.05, 0.1) is 5.92 Å². The molecule has 2 amide bonds. The lowest BCUT2D eigenvalue weighted by molar-refractivity contribution is -0.141. The third-order valence-electron chi connectivity index (χ3n) is 3.67. The predicted octanol–water partition coefficient (Wildman–Crippen LogP) is 0.833. The normalized spacial score (nSPS) is 18.4. The van der Waals surface area contributed by atoms with E-state index < -0.39 is 11.9 Å². The zero-order valence-corrected chi connectivity index (χ0v) is 12.1. The minimum atomic E-state index is -0.854. The van der Waals surface area contributed by atoms with Crippen LogP contribution >= 0.6 is 0 Å². The second-order valence-corrected chi connectivity index (χ2v) is 5.25. The molecular formula is C13H25N3O3. The van der Waals surface area contributed by atoms with Crippen LogP contribution in [0.3, 0.4) is 0 Å². The van der Waals surface area contributed by atoms with Crippen LogP contribution in [0.2, 0.25) is 0 Å². The Kier molecular flexibility index (Phi) is 6.08. The molecule has 6 nitrogen and oxygen atoms in total. The van der Waals surface area contributed by atoms with Gasteiger partial charge < -0.3 is 15.3 Å². The number of aliphatic carboxylic acids is 1. The highest BCUT2D eigenvalue weighted by Gasteiger charge is 2.23. The molecule has 0 radical (unpaired) electrons. The maximum atomic E-state index is 11.9. The highest BCUT2D eigenvalue weighted by molar-refractivity contribution is 5.76. The Morgan fingerprint density at radius 1 is 1.21 bits per heavy atom. The van der Waals surface area contributed by atoms with Gasteiger partial charge in [-0.3, -0.25) is 9.69 Å². The molecule has 2 N–H and O–H groups in total. The fourth-order valence-electron chi connectivity index (χ4n) is 2.17. The van der Waals surface area contributed by atoms with Gasteiger partial charge in [-0.2, -0.15) is 0 Å². The molecule has 0 aromatic heterocycles. The number of carboxylic acids is 1. The zero-order chi connectivity index (χ0) is 14.4. The van der Waals surface area contributed by atoms with E-state index in [2.05, 4.69) is 24.1 Å². The number of nitrogens with one attached hydrogen (secondary N) is 1. The van der Waals surface area contributed by atoms with Crippen LogP contribution in [0, 0.1) is 5.92 Å². The average molecular weight is 271 g/mol. The second kappa shape index (κ2) is 7.33. The standard InChI is InChI=1S/C13H25N3O3/c1-4-11(12(17)18)9-14-13(19)16-7-5-15(6-8-16)10(2)3/h10-11H,4-9H2,1-3H3,(H,14,19)(H,17,18). The maximum Gasteiger partial charge on any atom is 0.317 e. The summed E-state index contributed by atoms with van der Waals surface area (Å²) < 4.78 is 0. The van der Waals surface area contributed by atoms with E-state index in [-0.39, 0.29) is 12.6 Å². The molecule has 0 aliphatic carbocycles. The lowest BCUT2D eigenvalue weighted by Crippen LogP contribution is -2.53. The van der Waals surface area contributed by atoms with Crippen LogP contribution in [0.5, 0.6) is 0 Å². The summed E-state index contributed by atoms with van der Waals surface area (Å²) in [5.41, 5.74) is 0. The van der Waals surface area contributed by atoms with Crippen molar-refractivity contribution in [2.45, 2.75) is 33.2 Å². The summed E-state index contributed by atoms with van der Waals surface area (Å²) in [6, 6.07) is 0.352. The van der Waals surface area contributed by atoms with Gasteiger partial charge in [-0.25, -0.2) is 4.79 Å². The predicted molar refractivity (Wildman–Crippen MR) is 73.1 cm³/mol. The van der Waals surface area contributed by atoms with Gasteiger partial charge in [-0.1, -0.05) is 6.92 Å². The Balaban J connectivity index is 2.33. The van der Waals surface area contributed by atoms with Crippen molar-refractivity contribution < 1.29 is 14.7 Å². The van der Waals surface area contributed by atoms with Gasteiger partial charge in [0.15, 0.2) is 0 Å². The van der Waals surface area contributed by atoms with Crippen molar-refractivity contribution in [3.05, 3.63) is 0 Å². The van der Waals surface area contributed by atoms with Crippen molar-refractivity contribution >= 4 is 12.0 Å². The van der Waals surface area contributed by atoms with Gasteiger partial charge in [-0.15, -0.1) is 0 Å². The number of amides is 2. The van der Waals surface area contributed by atoms with Crippen molar-refractivity contribution in [2.75, 3.05) is 32.7 Å².